The molecule has 0 aromatic carbocycles. The summed E-state index contributed by atoms with van der Waals surface area (Å²) in [5.41, 5.74) is 0.927. The first-order valence-electron chi connectivity index (χ1n) is 6.36. The predicted octanol–water partition coefficient (Wildman–Crippen LogP) is 3.82. The van der Waals surface area contributed by atoms with Crippen LogP contribution in [0.1, 0.15) is 29.9 Å². The molecule has 4 nitrogen and oxygen atoms in total. The van der Waals surface area contributed by atoms with Gasteiger partial charge in [0.1, 0.15) is 17.3 Å². The Morgan fingerprint density at radius 2 is 2.10 bits per heavy atom. The van der Waals surface area contributed by atoms with Crippen molar-refractivity contribution in [1.82, 2.24) is 4.98 Å². The third kappa shape index (κ3) is 2.93. The Kier molecular flexibility index (Phi) is 4.28. The number of hydrogen-bond donors (Lipinski definition) is 0. The van der Waals surface area contributed by atoms with Crippen LogP contribution >= 0.6 is 15.9 Å². The van der Waals surface area contributed by atoms with Crippen molar-refractivity contribution >= 4 is 27.7 Å². The van der Waals surface area contributed by atoms with Crippen molar-refractivity contribution in [3.05, 3.63) is 46.0 Å². The molecule has 1 amide bonds. The molecule has 2 aromatic rings. The fraction of sp³-hybridized carbons (Fsp3) is 0.333. The Hall–Kier alpha value is -1.62. The number of anilines is 1. The van der Waals surface area contributed by atoms with Crippen molar-refractivity contribution in [3.8, 4) is 0 Å². The molecule has 0 saturated carbocycles. The van der Waals surface area contributed by atoms with Gasteiger partial charge in [0.2, 0.25) is 5.91 Å². The molecule has 2 aromatic heterocycles. The first-order valence-corrected chi connectivity index (χ1v) is 7.15. The van der Waals surface area contributed by atoms with Crippen molar-refractivity contribution in [2.75, 3.05) is 11.9 Å². The fourth-order valence-corrected chi connectivity index (χ4v) is 2.42. The number of amides is 1. The van der Waals surface area contributed by atoms with Crippen molar-refractivity contribution in [2.45, 2.75) is 26.7 Å². The highest BCUT2D eigenvalue weighted by Gasteiger charge is 2.24. The summed E-state index contributed by atoms with van der Waals surface area (Å²) in [5.74, 6) is 1.97. The quantitative estimate of drug-likeness (QED) is 0.855. The smallest absolute Gasteiger partial charge is 0.235 e. The second-order valence-corrected chi connectivity index (χ2v) is 5.74. The van der Waals surface area contributed by atoms with E-state index < -0.39 is 0 Å². The van der Waals surface area contributed by atoms with Gasteiger partial charge in [0, 0.05) is 23.3 Å². The lowest BCUT2D eigenvalue weighted by atomic mass is 10.0. The van der Waals surface area contributed by atoms with Crippen LogP contribution in [0.3, 0.4) is 0 Å². The molecule has 0 aliphatic rings. The first-order chi connectivity index (χ1) is 9.40. The average Bonchev–Trinajstić information content (AvgIpc) is 2.76. The highest BCUT2D eigenvalue weighted by atomic mass is 79.9. The van der Waals surface area contributed by atoms with Crippen LogP contribution in [-0.2, 0) is 4.79 Å². The summed E-state index contributed by atoms with van der Waals surface area (Å²) in [4.78, 5) is 18.3. The van der Waals surface area contributed by atoms with Gasteiger partial charge in [0.05, 0.1) is 5.92 Å². The van der Waals surface area contributed by atoms with Crippen molar-refractivity contribution in [3.63, 3.8) is 0 Å². The Balaban J connectivity index is 2.22. The van der Waals surface area contributed by atoms with Crippen LogP contribution in [0.5, 0.6) is 0 Å². The number of aryl methyl sites for hydroxylation is 2. The maximum atomic E-state index is 12.5. The van der Waals surface area contributed by atoms with Gasteiger partial charge in [-0.2, -0.15) is 0 Å². The van der Waals surface area contributed by atoms with E-state index in [4.69, 9.17) is 4.42 Å². The van der Waals surface area contributed by atoms with E-state index in [1.165, 1.54) is 0 Å². The minimum Gasteiger partial charge on any atom is -0.466 e. The Bertz CT molecular complexity index is 619. The van der Waals surface area contributed by atoms with Crippen LogP contribution in [0.2, 0.25) is 0 Å². The number of likely N-dealkylation sites (N-methyl/N-ethyl adjacent to an activating group) is 1. The topological polar surface area (TPSA) is 46.3 Å². The van der Waals surface area contributed by atoms with Gasteiger partial charge in [0.15, 0.2) is 0 Å². The second-order valence-electron chi connectivity index (χ2n) is 4.82. The van der Waals surface area contributed by atoms with Crippen molar-refractivity contribution in [1.29, 1.82) is 0 Å². The SMILES string of the molecule is Cc1cc([C@H](C)C(=O)N(C)c2ccc(Br)cn2)c(C)o1. The van der Waals surface area contributed by atoms with Crippen LogP contribution in [0.25, 0.3) is 0 Å². The molecule has 1 atom stereocenters. The van der Waals surface area contributed by atoms with E-state index >= 15 is 0 Å². The zero-order valence-corrected chi connectivity index (χ0v) is 13.6. The van der Waals surface area contributed by atoms with Crippen LogP contribution < -0.4 is 4.90 Å². The van der Waals surface area contributed by atoms with Crippen LogP contribution in [0.4, 0.5) is 5.82 Å². The molecule has 0 radical (unpaired) electrons. The fourth-order valence-electron chi connectivity index (χ4n) is 2.18. The van der Waals surface area contributed by atoms with Gasteiger partial charge in [-0.1, -0.05) is 0 Å². The van der Waals surface area contributed by atoms with E-state index in [1.807, 2.05) is 39.0 Å². The van der Waals surface area contributed by atoms with Crippen molar-refractivity contribution < 1.29 is 9.21 Å². The maximum Gasteiger partial charge on any atom is 0.235 e. The van der Waals surface area contributed by atoms with E-state index in [1.54, 1.807) is 18.1 Å². The molecule has 0 N–H and O–H groups in total. The summed E-state index contributed by atoms with van der Waals surface area (Å²) >= 11 is 3.33. The van der Waals surface area contributed by atoms with Crippen molar-refractivity contribution in [2.24, 2.45) is 0 Å². The van der Waals surface area contributed by atoms with Crippen LogP contribution in [0, 0.1) is 13.8 Å². The third-order valence-electron chi connectivity index (χ3n) is 3.30. The lowest BCUT2D eigenvalue weighted by molar-refractivity contribution is -0.119. The molecule has 0 aliphatic carbocycles. The van der Waals surface area contributed by atoms with Gasteiger partial charge >= 0.3 is 0 Å². The maximum absolute atomic E-state index is 12.5. The number of carbonyl (C=O) groups is 1. The number of nitrogens with zero attached hydrogens (tertiary/aromatic N) is 2. The van der Waals surface area contributed by atoms with E-state index in [0.29, 0.717) is 5.82 Å². The van der Waals surface area contributed by atoms with Gasteiger partial charge in [-0.3, -0.25) is 9.69 Å². The summed E-state index contributed by atoms with van der Waals surface area (Å²) in [7, 11) is 1.73. The molecule has 2 rings (SSSR count). The summed E-state index contributed by atoms with van der Waals surface area (Å²) in [5, 5.41) is 0. The molecule has 0 fully saturated rings. The number of hydrogen-bond acceptors (Lipinski definition) is 3. The van der Waals surface area contributed by atoms with Crippen LogP contribution in [-0.4, -0.2) is 17.9 Å². The lowest BCUT2D eigenvalue weighted by Gasteiger charge is -2.20. The molecule has 5 heteroatoms. The van der Waals surface area contributed by atoms with Gasteiger partial charge in [-0.05, 0) is 54.9 Å². The molecular weight excluding hydrogens is 320 g/mol. The highest BCUT2D eigenvalue weighted by Crippen LogP contribution is 2.26. The largest absolute Gasteiger partial charge is 0.466 e. The van der Waals surface area contributed by atoms with Gasteiger partial charge in [-0.15, -0.1) is 0 Å². The lowest BCUT2D eigenvalue weighted by Crippen LogP contribution is -2.31. The molecule has 2 heterocycles. The summed E-state index contributed by atoms with van der Waals surface area (Å²) < 4.78 is 6.38. The Labute approximate surface area is 126 Å². The number of aromatic nitrogens is 1. The second kappa shape index (κ2) is 5.79. The monoisotopic (exact) mass is 336 g/mol. The average molecular weight is 337 g/mol. The van der Waals surface area contributed by atoms with Crippen LogP contribution in [0.15, 0.2) is 33.3 Å². The third-order valence-corrected chi connectivity index (χ3v) is 3.77. The molecule has 0 bridgehead atoms. The molecular formula is C15H17BrN2O2. The zero-order valence-electron chi connectivity index (χ0n) is 12.0. The Morgan fingerprint density at radius 3 is 2.60 bits per heavy atom. The van der Waals surface area contributed by atoms with Gasteiger partial charge in [-0.25, -0.2) is 4.98 Å². The molecule has 0 spiro atoms. The number of halogens is 1. The molecule has 106 valence electrons. The first kappa shape index (κ1) is 14.8. The van der Waals surface area contributed by atoms with Gasteiger partial charge < -0.3 is 4.42 Å². The number of furan rings is 1. The standard InChI is InChI=1S/C15H17BrN2O2/c1-9-7-13(11(3)20-9)10(2)15(19)18(4)14-6-5-12(16)8-17-14/h5-8,10H,1-4H3/t10-/m0/s1. The summed E-state index contributed by atoms with van der Waals surface area (Å²) in [6.07, 6.45) is 1.68. The van der Waals surface area contributed by atoms with E-state index in [-0.39, 0.29) is 11.8 Å². The number of pyridine rings is 1. The molecule has 20 heavy (non-hydrogen) atoms. The molecule has 0 aliphatic heterocycles. The van der Waals surface area contributed by atoms with Gasteiger partial charge in [0.25, 0.3) is 0 Å². The van der Waals surface area contributed by atoms with E-state index in [2.05, 4.69) is 20.9 Å². The number of rotatable bonds is 3. The predicted molar refractivity (Wildman–Crippen MR) is 81.9 cm³/mol. The van der Waals surface area contributed by atoms with E-state index in [9.17, 15) is 4.79 Å². The zero-order chi connectivity index (χ0) is 14.9. The van der Waals surface area contributed by atoms with E-state index in [0.717, 1.165) is 21.6 Å². The highest BCUT2D eigenvalue weighted by molar-refractivity contribution is 9.10. The number of carbonyl (C=O) groups excluding carboxylic acids is 1. The minimum atomic E-state index is -0.261. The normalized spacial score (nSPS) is 12.2. The Morgan fingerprint density at radius 1 is 1.40 bits per heavy atom. The molecule has 0 saturated heterocycles. The summed E-state index contributed by atoms with van der Waals surface area (Å²) in [6.45, 7) is 5.65. The summed E-state index contributed by atoms with van der Waals surface area (Å²) in [6, 6.07) is 5.59. The molecule has 0 unspecified atom stereocenters. The minimum absolute atomic E-state index is 0.0104.